The smallest absolute Gasteiger partial charge is 0.408 e. The van der Waals surface area contributed by atoms with Crippen LogP contribution in [0.25, 0.3) is 22.0 Å². The maximum atomic E-state index is 12.6. The maximum Gasteiger partial charge on any atom is 0.419 e. The number of para-hydroxylation sites is 1. The summed E-state index contributed by atoms with van der Waals surface area (Å²) in [6, 6.07) is 12.6. The molecular weight excluding hydrogens is 346 g/mol. The molecule has 0 bridgehead atoms. The van der Waals surface area contributed by atoms with Gasteiger partial charge in [-0.1, -0.05) is 18.2 Å². The van der Waals surface area contributed by atoms with E-state index in [1.54, 1.807) is 22.8 Å². The molecule has 0 saturated heterocycles. The standard InChI is InChI=1S/C19H19N5O3/c1-23(2)9-10-24-15-11-12(7-8-16(15)27-19(24)26)20-18(25)17-13-5-3-4-6-14(13)21-22-17/h3-8,11H,9-10H2,1-2H3,(H,20,25)(H,21,22). The van der Waals surface area contributed by atoms with E-state index in [4.69, 9.17) is 4.42 Å². The highest BCUT2D eigenvalue weighted by atomic mass is 16.4. The van der Waals surface area contributed by atoms with Crippen molar-refractivity contribution < 1.29 is 9.21 Å². The number of carbonyl (C=O) groups excluding carboxylic acids is 1. The maximum absolute atomic E-state index is 12.6. The lowest BCUT2D eigenvalue weighted by atomic mass is 10.2. The first-order chi connectivity index (χ1) is 13.0. The van der Waals surface area contributed by atoms with Crippen molar-refractivity contribution in [1.29, 1.82) is 0 Å². The molecule has 2 N–H and O–H groups in total. The van der Waals surface area contributed by atoms with E-state index in [0.29, 0.717) is 35.6 Å². The third-order valence-electron chi connectivity index (χ3n) is 4.38. The number of hydrogen-bond acceptors (Lipinski definition) is 5. The van der Waals surface area contributed by atoms with Crippen LogP contribution in [0.3, 0.4) is 0 Å². The van der Waals surface area contributed by atoms with Crippen LogP contribution in [0.1, 0.15) is 10.5 Å². The van der Waals surface area contributed by atoms with Gasteiger partial charge in [-0.05, 0) is 38.4 Å². The Bertz CT molecular complexity index is 1180. The number of fused-ring (bicyclic) bond motifs is 2. The lowest BCUT2D eigenvalue weighted by Crippen LogP contribution is -2.23. The first-order valence-corrected chi connectivity index (χ1v) is 8.55. The molecule has 0 spiro atoms. The lowest BCUT2D eigenvalue weighted by molar-refractivity contribution is 0.102. The van der Waals surface area contributed by atoms with Gasteiger partial charge < -0.3 is 14.6 Å². The highest BCUT2D eigenvalue weighted by Gasteiger charge is 2.15. The molecule has 2 heterocycles. The van der Waals surface area contributed by atoms with Crippen LogP contribution in [0, 0.1) is 0 Å². The van der Waals surface area contributed by atoms with Gasteiger partial charge in [0.15, 0.2) is 11.3 Å². The second-order valence-corrected chi connectivity index (χ2v) is 6.58. The number of oxazole rings is 1. The van der Waals surface area contributed by atoms with Crippen LogP contribution in [0.15, 0.2) is 51.7 Å². The molecule has 2 aromatic heterocycles. The van der Waals surface area contributed by atoms with E-state index in [1.807, 2.05) is 43.3 Å². The molecule has 0 atom stereocenters. The van der Waals surface area contributed by atoms with Crippen molar-refractivity contribution in [2.75, 3.05) is 26.0 Å². The minimum Gasteiger partial charge on any atom is -0.408 e. The van der Waals surface area contributed by atoms with E-state index in [-0.39, 0.29) is 5.91 Å². The predicted octanol–water partition coefficient (Wildman–Crippen LogP) is 2.28. The Morgan fingerprint density at radius 2 is 2.07 bits per heavy atom. The number of anilines is 1. The number of likely N-dealkylation sites (N-methyl/N-ethyl adjacent to an activating group) is 1. The van der Waals surface area contributed by atoms with Gasteiger partial charge in [0, 0.05) is 24.2 Å². The van der Waals surface area contributed by atoms with E-state index in [9.17, 15) is 9.59 Å². The Morgan fingerprint density at radius 1 is 1.26 bits per heavy atom. The summed E-state index contributed by atoms with van der Waals surface area (Å²) in [5.74, 6) is -0.730. The van der Waals surface area contributed by atoms with Gasteiger partial charge in [-0.3, -0.25) is 14.5 Å². The Labute approximate surface area is 154 Å². The number of aromatic amines is 1. The van der Waals surface area contributed by atoms with Gasteiger partial charge in [-0.15, -0.1) is 0 Å². The third-order valence-corrected chi connectivity index (χ3v) is 4.38. The molecule has 27 heavy (non-hydrogen) atoms. The molecule has 4 aromatic rings. The second-order valence-electron chi connectivity index (χ2n) is 6.58. The average molecular weight is 365 g/mol. The van der Waals surface area contributed by atoms with Crippen molar-refractivity contribution in [2.45, 2.75) is 6.54 Å². The number of nitrogens with one attached hydrogen (secondary N) is 2. The summed E-state index contributed by atoms with van der Waals surface area (Å²) in [5.41, 5.74) is 2.82. The van der Waals surface area contributed by atoms with Gasteiger partial charge in [0.1, 0.15) is 0 Å². The number of rotatable bonds is 5. The number of benzene rings is 2. The van der Waals surface area contributed by atoms with Crippen LogP contribution in [0.2, 0.25) is 0 Å². The van der Waals surface area contributed by atoms with Crippen LogP contribution in [0.4, 0.5) is 5.69 Å². The average Bonchev–Trinajstić information content (AvgIpc) is 3.20. The van der Waals surface area contributed by atoms with Gasteiger partial charge >= 0.3 is 5.76 Å². The summed E-state index contributed by atoms with van der Waals surface area (Å²) in [7, 11) is 3.88. The molecule has 2 aromatic carbocycles. The number of carbonyl (C=O) groups is 1. The fraction of sp³-hybridized carbons (Fsp3) is 0.211. The number of hydrogen-bond donors (Lipinski definition) is 2. The molecule has 1 amide bonds. The molecular formula is C19H19N5O3. The minimum absolute atomic E-state index is 0.322. The highest BCUT2D eigenvalue weighted by molar-refractivity contribution is 6.11. The first kappa shape index (κ1) is 17.0. The van der Waals surface area contributed by atoms with Crippen molar-refractivity contribution in [3.8, 4) is 0 Å². The molecule has 0 aliphatic heterocycles. The number of amides is 1. The second kappa shape index (κ2) is 6.73. The van der Waals surface area contributed by atoms with E-state index in [0.717, 1.165) is 10.9 Å². The number of H-pyrrole nitrogens is 1. The fourth-order valence-electron chi connectivity index (χ4n) is 2.98. The van der Waals surface area contributed by atoms with Crippen LogP contribution in [-0.2, 0) is 6.54 Å². The SMILES string of the molecule is CN(C)CCn1c(=O)oc2ccc(NC(=O)c3n[nH]c4ccccc34)cc21. The summed E-state index contributed by atoms with van der Waals surface area (Å²) in [6.07, 6.45) is 0. The van der Waals surface area contributed by atoms with Crippen molar-refractivity contribution in [3.63, 3.8) is 0 Å². The highest BCUT2D eigenvalue weighted by Crippen LogP contribution is 2.21. The summed E-state index contributed by atoms with van der Waals surface area (Å²) in [6.45, 7) is 1.20. The summed E-state index contributed by atoms with van der Waals surface area (Å²) >= 11 is 0. The number of nitrogens with zero attached hydrogens (tertiary/aromatic N) is 3. The van der Waals surface area contributed by atoms with Crippen molar-refractivity contribution in [3.05, 3.63) is 58.7 Å². The zero-order chi connectivity index (χ0) is 19.0. The quantitative estimate of drug-likeness (QED) is 0.566. The zero-order valence-corrected chi connectivity index (χ0v) is 15.0. The van der Waals surface area contributed by atoms with Crippen LogP contribution in [-0.4, -0.2) is 46.2 Å². The van der Waals surface area contributed by atoms with Crippen molar-refractivity contribution >= 4 is 33.6 Å². The monoisotopic (exact) mass is 365 g/mol. The minimum atomic E-state index is -0.409. The Kier molecular flexibility index (Phi) is 4.25. The van der Waals surface area contributed by atoms with Crippen molar-refractivity contribution in [1.82, 2.24) is 19.7 Å². The summed E-state index contributed by atoms with van der Waals surface area (Å²) in [5, 5.41) is 10.5. The Morgan fingerprint density at radius 3 is 2.89 bits per heavy atom. The summed E-state index contributed by atoms with van der Waals surface area (Å²) < 4.78 is 6.84. The van der Waals surface area contributed by atoms with E-state index in [2.05, 4.69) is 15.5 Å². The lowest BCUT2D eigenvalue weighted by Gasteiger charge is -2.09. The molecule has 8 nitrogen and oxygen atoms in total. The first-order valence-electron chi connectivity index (χ1n) is 8.55. The predicted molar refractivity (Wildman–Crippen MR) is 103 cm³/mol. The topological polar surface area (TPSA) is 96.2 Å². The largest absolute Gasteiger partial charge is 0.419 e. The molecule has 4 rings (SSSR count). The molecule has 0 fully saturated rings. The molecule has 8 heteroatoms. The molecule has 0 unspecified atom stereocenters. The third kappa shape index (κ3) is 3.22. The van der Waals surface area contributed by atoms with Crippen LogP contribution < -0.4 is 11.1 Å². The van der Waals surface area contributed by atoms with Crippen LogP contribution in [0.5, 0.6) is 0 Å². The summed E-state index contributed by atoms with van der Waals surface area (Å²) in [4.78, 5) is 26.7. The zero-order valence-electron chi connectivity index (χ0n) is 15.0. The van der Waals surface area contributed by atoms with Crippen molar-refractivity contribution in [2.24, 2.45) is 0 Å². The molecule has 0 aliphatic carbocycles. The molecule has 0 saturated carbocycles. The Hall–Kier alpha value is -3.39. The van der Waals surface area contributed by atoms with Crippen LogP contribution >= 0.6 is 0 Å². The van der Waals surface area contributed by atoms with E-state index >= 15 is 0 Å². The molecule has 138 valence electrons. The Balaban J connectivity index is 1.64. The van der Waals surface area contributed by atoms with Gasteiger partial charge in [-0.2, -0.15) is 5.10 Å². The van der Waals surface area contributed by atoms with E-state index < -0.39 is 5.76 Å². The normalized spacial score (nSPS) is 11.5. The molecule has 0 radical (unpaired) electrons. The van der Waals surface area contributed by atoms with Gasteiger partial charge in [0.05, 0.1) is 11.0 Å². The fourth-order valence-corrected chi connectivity index (χ4v) is 2.98. The molecule has 0 aliphatic rings. The van der Waals surface area contributed by atoms with Gasteiger partial charge in [0.25, 0.3) is 5.91 Å². The van der Waals surface area contributed by atoms with Gasteiger partial charge in [0.2, 0.25) is 0 Å². The number of aromatic nitrogens is 3. The van der Waals surface area contributed by atoms with Gasteiger partial charge in [-0.25, -0.2) is 4.79 Å². The van der Waals surface area contributed by atoms with E-state index in [1.165, 1.54) is 0 Å².